The van der Waals surface area contributed by atoms with Crippen molar-refractivity contribution in [3.8, 4) is 0 Å². The Morgan fingerprint density at radius 3 is 2.91 bits per heavy atom. The highest BCUT2D eigenvalue weighted by Crippen LogP contribution is 2.34. The smallest absolute Gasteiger partial charge is 0.324 e. The van der Waals surface area contributed by atoms with Crippen molar-refractivity contribution >= 4 is 28.2 Å². The van der Waals surface area contributed by atoms with Crippen molar-refractivity contribution in [1.82, 2.24) is 15.0 Å². The Morgan fingerprint density at radius 2 is 2.30 bits per heavy atom. The minimum absolute atomic E-state index is 0.0446. The van der Waals surface area contributed by atoms with Gasteiger partial charge in [-0.1, -0.05) is 11.3 Å². The Bertz CT molecular complexity index is 740. The molecule has 2 aromatic heterocycles. The van der Waals surface area contributed by atoms with Crippen LogP contribution in [-0.4, -0.2) is 46.5 Å². The van der Waals surface area contributed by atoms with Gasteiger partial charge in [0.25, 0.3) is 17.7 Å². The first-order valence-electron chi connectivity index (χ1n) is 7.03. The van der Waals surface area contributed by atoms with Crippen LogP contribution in [0.4, 0.5) is 10.9 Å². The summed E-state index contributed by atoms with van der Waals surface area (Å²) < 4.78 is 5.27. The van der Waals surface area contributed by atoms with Gasteiger partial charge in [0.05, 0.1) is 9.80 Å². The lowest BCUT2D eigenvalue weighted by Gasteiger charge is -2.20. The van der Waals surface area contributed by atoms with Gasteiger partial charge in [-0.05, 0) is 24.1 Å². The fourth-order valence-electron chi connectivity index (χ4n) is 2.49. The standard InChI is InChI=1S/C13H15N5O4S/c1-16(2)13-14-11(22-15-13)8-4-3-7-17(8)12(19)9-5-6-10(23-9)18(20)21/h5-6,8H,3-4,7H2,1-2H3/t8-/m1/s1. The maximum Gasteiger partial charge on any atom is 0.324 e. The number of anilines is 1. The number of carbonyl (C=O) groups excluding carboxylic acids is 1. The third-order valence-electron chi connectivity index (χ3n) is 3.61. The molecule has 1 aliphatic heterocycles. The molecule has 0 radical (unpaired) electrons. The molecule has 3 heterocycles. The van der Waals surface area contributed by atoms with Gasteiger partial charge in [0.2, 0.25) is 0 Å². The third-order valence-corrected chi connectivity index (χ3v) is 4.64. The van der Waals surface area contributed by atoms with Crippen LogP contribution in [0.3, 0.4) is 0 Å². The summed E-state index contributed by atoms with van der Waals surface area (Å²) in [6, 6.07) is 2.55. The molecule has 1 amide bonds. The lowest BCUT2D eigenvalue weighted by Crippen LogP contribution is -2.30. The van der Waals surface area contributed by atoms with Gasteiger partial charge in [0, 0.05) is 26.7 Å². The van der Waals surface area contributed by atoms with Gasteiger partial charge in [0.1, 0.15) is 6.04 Å². The maximum absolute atomic E-state index is 12.6. The SMILES string of the molecule is CN(C)c1noc([C@H]2CCCN2C(=O)c2ccc([N+](=O)[O-])s2)n1. The number of thiophene rings is 1. The highest BCUT2D eigenvalue weighted by molar-refractivity contribution is 7.17. The first-order valence-corrected chi connectivity index (χ1v) is 7.85. The predicted octanol–water partition coefficient (Wildman–Crippen LogP) is 2.08. The molecule has 0 unspecified atom stereocenters. The van der Waals surface area contributed by atoms with Crippen LogP contribution in [0.15, 0.2) is 16.7 Å². The molecule has 2 aromatic rings. The Hall–Kier alpha value is -2.49. The molecule has 3 rings (SSSR count). The maximum atomic E-state index is 12.6. The molecule has 1 atom stereocenters. The summed E-state index contributed by atoms with van der Waals surface area (Å²) in [5.41, 5.74) is 0. The summed E-state index contributed by atoms with van der Waals surface area (Å²) in [6.45, 7) is 0.564. The Labute approximate surface area is 135 Å². The first-order chi connectivity index (χ1) is 11.0. The summed E-state index contributed by atoms with van der Waals surface area (Å²) in [4.78, 5) is 30.9. The fraction of sp³-hybridized carbons (Fsp3) is 0.462. The van der Waals surface area contributed by atoms with E-state index in [9.17, 15) is 14.9 Å². The first kappa shape index (κ1) is 15.4. The molecule has 10 heteroatoms. The van der Waals surface area contributed by atoms with Crippen molar-refractivity contribution in [2.24, 2.45) is 0 Å². The van der Waals surface area contributed by atoms with Gasteiger partial charge in [-0.15, -0.1) is 0 Å². The van der Waals surface area contributed by atoms with E-state index < -0.39 is 4.92 Å². The van der Waals surface area contributed by atoms with E-state index in [4.69, 9.17) is 4.52 Å². The van der Waals surface area contributed by atoms with Crippen LogP contribution in [0.2, 0.25) is 0 Å². The Kier molecular flexibility index (Phi) is 3.99. The zero-order valence-corrected chi connectivity index (χ0v) is 13.4. The monoisotopic (exact) mass is 337 g/mol. The second-order valence-corrected chi connectivity index (χ2v) is 6.44. The summed E-state index contributed by atoms with van der Waals surface area (Å²) in [7, 11) is 3.61. The van der Waals surface area contributed by atoms with Gasteiger partial charge in [0.15, 0.2) is 0 Å². The molecule has 1 saturated heterocycles. The van der Waals surface area contributed by atoms with Crippen LogP contribution >= 0.6 is 11.3 Å². The summed E-state index contributed by atoms with van der Waals surface area (Å²) >= 11 is 0.878. The third kappa shape index (κ3) is 2.89. The van der Waals surface area contributed by atoms with Crippen LogP contribution < -0.4 is 4.90 Å². The molecule has 0 aromatic carbocycles. The zero-order chi connectivity index (χ0) is 16.6. The van der Waals surface area contributed by atoms with Crippen LogP contribution in [0.1, 0.15) is 34.4 Å². The molecule has 1 fully saturated rings. The van der Waals surface area contributed by atoms with Crippen molar-refractivity contribution in [3.63, 3.8) is 0 Å². The molecule has 122 valence electrons. The van der Waals surface area contributed by atoms with E-state index >= 15 is 0 Å². The van der Waals surface area contributed by atoms with Crippen LogP contribution in [0.5, 0.6) is 0 Å². The van der Waals surface area contributed by atoms with Crippen molar-refractivity contribution < 1.29 is 14.2 Å². The second-order valence-electron chi connectivity index (χ2n) is 5.38. The van der Waals surface area contributed by atoms with Gasteiger partial charge in [-0.2, -0.15) is 4.98 Å². The number of rotatable bonds is 4. The fourth-order valence-corrected chi connectivity index (χ4v) is 3.27. The van der Waals surface area contributed by atoms with E-state index in [0.717, 1.165) is 24.2 Å². The summed E-state index contributed by atoms with van der Waals surface area (Å²) in [6.07, 6.45) is 1.55. The average molecular weight is 337 g/mol. The normalized spacial score (nSPS) is 17.5. The Balaban J connectivity index is 1.82. The molecule has 0 bridgehead atoms. The van der Waals surface area contributed by atoms with Gasteiger partial charge in [-0.25, -0.2) is 0 Å². The molecule has 9 nitrogen and oxygen atoms in total. The molecule has 0 N–H and O–H groups in total. The topological polar surface area (TPSA) is 106 Å². The molecular weight excluding hydrogens is 322 g/mol. The highest BCUT2D eigenvalue weighted by atomic mass is 32.1. The molecule has 0 aliphatic carbocycles. The quantitative estimate of drug-likeness (QED) is 0.621. The number of hydrogen-bond acceptors (Lipinski definition) is 8. The van der Waals surface area contributed by atoms with E-state index in [1.165, 1.54) is 12.1 Å². The second kappa shape index (κ2) is 5.95. The number of amides is 1. The van der Waals surface area contributed by atoms with Crippen LogP contribution in [0, 0.1) is 10.1 Å². The number of nitro groups is 1. The minimum Gasteiger partial charge on any atom is -0.344 e. The molecule has 0 saturated carbocycles. The van der Waals surface area contributed by atoms with Gasteiger partial charge < -0.3 is 14.3 Å². The predicted molar refractivity (Wildman–Crippen MR) is 82.6 cm³/mol. The lowest BCUT2D eigenvalue weighted by atomic mass is 10.2. The zero-order valence-electron chi connectivity index (χ0n) is 12.6. The Morgan fingerprint density at radius 1 is 1.52 bits per heavy atom. The number of aromatic nitrogens is 2. The highest BCUT2D eigenvalue weighted by Gasteiger charge is 2.35. The van der Waals surface area contributed by atoms with E-state index in [-0.39, 0.29) is 17.0 Å². The number of nitrogens with zero attached hydrogens (tertiary/aromatic N) is 5. The number of likely N-dealkylation sites (tertiary alicyclic amines) is 1. The van der Waals surface area contributed by atoms with Gasteiger partial charge >= 0.3 is 5.00 Å². The molecule has 23 heavy (non-hydrogen) atoms. The summed E-state index contributed by atoms with van der Waals surface area (Å²) in [5, 5.41) is 14.6. The van der Waals surface area contributed by atoms with E-state index in [1.54, 1.807) is 23.9 Å². The van der Waals surface area contributed by atoms with Crippen LogP contribution in [0.25, 0.3) is 0 Å². The summed E-state index contributed by atoms with van der Waals surface area (Å²) in [5.74, 6) is 0.604. The van der Waals surface area contributed by atoms with Crippen LogP contribution in [-0.2, 0) is 0 Å². The van der Waals surface area contributed by atoms with Crippen molar-refractivity contribution in [3.05, 3.63) is 33.0 Å². The number of carbonyl (C=O) groups is 1. The van der Waals surface area contributed by atoms with Crippen molar-refractivity contribution in [2.45, 2.75) is 18.9 Å². The minimum atomic E-state index is -0.496. The van der Waals surface area contributed by atoms with E-state index in [0.29, 0.717) is 23.3 Å². The molecule has 0 spiro atoms. The van der Waals surface area contributed by atoms with E-state index in [2.05, 4.69) is 10.1 Å². The van der Waals surface area contributed by atoms with E-state index in [1.807, 2.05) is 0 Å². The largest absolute Gasteiger partial charge is 0.344 e. The number of hydrogen-bond donors (Lipinski definition) is 0. The van der Waals surface area contributed by atoms with Gasteiger partial charge in [-0.3, -0.25) is 14.9 Å². The van der Waals surface area contributed by atoms with Crippen molar-refractivity contribution in [2.75, 3.05) is 25.5 Å². The lowest BCUT2D eigenvalue weighted by molar-refractivity contribution is -0.380. The molecule has 1 aliphatic rings. The molecular formula is C13H15N5O4S. The average Bonchev–Trinajstić information content (AvgIpc) is 3.24. The van der Waals surface area contributed by atoms with Crippen molar-refractivity contribution in [1.29, 1.82) is 0 Å².